The molecule has 2 amide bonds. The number of fused-ring (bicyclic) bond motifs is 1. The Labute approximate surface area is 196 Å². The second-order valence-corrected chi connectivity index (χ2v) is 9.79. The van der Waals surface area contributed by atoms with Gasteiger partial charge in [0.15, 0.2) is 5.13 Å². The first kappa shape index (κ1) is 21.2. The van der Waals surface area contributed by atoms with Crippen LogP contribution in [-0.2, 0) is 16.0 Å². The Balaban J connectivity index is 1.21. The molecule has 0 bridgehead atoms. The number of hydrogen-bond acceptors (Lipinski definition) is 5. The quantitative estimate of drug-likeness (QED) is 0.575. The van der Waals surface area contributed by atoms with Crippen LogP contribution in [0.1, 0.15) is 18.9 Å². The molecule has 2 aliphatic heterocycles. The summed E-state index contributed by atoms with van der Waals surface area (Å²) in [4.78, 5) is 36.3. The van der Waals surface area contributed by atoms with E-state index in [1.54, 1.807) is 28.4 Å². The molecule has 0 saturated carbocycles. The van der Waals surface area contributed by atoms with E-state index >= 15 is 0 Å². The molecule has 0 N–H and O–H groups in total. The summed E-state index contributed by atoms with van der Waals surface area (Å²) in [5.41, 5.74) is 3.15. The largest absolute Gasteiger partial charge is 0.345 e. The van der Waals surface area contributed by atoms with Crippen LogP contribution in [0.15, 0.2) is 42.5 Å². The first-order valence-corrected chi connectivity index (χ1v) is 12.2. The number of halogens is 1. The molecule has 0 spiro atoms. The van der Waals surface area contributed by atoms with E-state index in [2.05, 4.69) is 30.0 Å². The van der Waals surface area contributed by atoms with Crippen molar-refractivity contribution in [1.29, 1.82) is 0 Å². The van der Waals surface area contributed by atoms with Crippen molar-refractivity contribution in [3.63, 3.8) is 0 Å². The highest BCUT2D eigenvalue weighted by atomic mass is 35.5. The molecule has 3 heterocycles. The number of benzene rings is 2. The van der Waals surface area contributed by atoms with Gasteiger partial charge in [0.25, 0.3) is 0 Å². The van der Waals surface area contributed by atoms with Crippen molar-refractivity contribution in [2.24, 2.45) is 5.92 Å². The molecule has 2 aromatic carbocycles. The lowest BCUT2D eigenvalue weighted by atomic mass is 10.1. The summed E-state index contributed by atoms with van der Waals surface area (Å²) in [6, 6.07) is 13.6. The third kappa shape index (κ3) is 4.07. The number of carbonyl (C=O) groups excluding carboxylic acids is 2. The van der Waals surface area contributed by atoms with Crippen molar-refractivity contribution in [2.45, 2.75) is 19.8 Å². The van der Waals surface area contributed by atoms with Crippen molar-refractivity contribution in [3.05, 3.63) is 53.1 Å². The summed E-state index contributed by atoms with van der Waals surface area (Å²) in [6.07, 6.45) is 1.28. The van der Waals surface area contributed by atoms with E-state index in [-0.39, 0.29) is 24.2 Å². The van der Waals surface area contributed by atoms with Crippen molar-refractivity contribution >= 4 is 55.8 Å². The summed E-state index contributed by atoms with van der Waals surface area (Å²) in [6.45, 7) is 5.41. The number of carbonyl (C=O) groups is 2. The minimum absolute atomic E-state index is 0.00904. The van der Waals surface area contributed by atoms with Crippen LogP contribution >= 0.6 is 22.9 Å². The monoisotopic (exact) mass is 468 g/mol. The predicted molar refractivity (Wildman–Crippen MR) is 130 cm³/mol. The van der Waals surface area contributed by atoms with E-state index in [9.17, 15) is 9.59 Å². The molecule has 6 nitrogen and oxygen atoms in total. The number of thiazole rings is 1. The minimum Gasteiger partial charge on any atom is -0.345 e. The van der Waals surface area contributed by atoms with Crippen LogP contribution in [0.3, 0.4) is 0 Å². The topological polar surface area (TPSA) is 56.8 Å². The van der Waals surface area contributed by atoms with Crippen molar-refractivity contribution in [2.75, 3.05) is 42.5 Å². The van der Waals surface area contributed by atoms with Crippen LogP contribution in [0.25, 0.3) is 10.2 Å². The number of anilines is 2. The Morgan fingerprint density at radius 3 is 2.59 bits per heavy atom. The molecule has 2 saturated heterocycles. The number of nitrogens with zero attached hydrogens (tertiary/aromatic N) is 4. The second-order valence-electron chi connectivity index (χ2n) is 8.35. The number of aromatic nitrogens is 1. The Bertz CT molecular complexity index is 1150. The lowest BCUT2D eigenvalue weighted by molar-refractivity contribution is -0.136. The highest BCUT2D eigenvalue weighted by molar-refractivity contribution is 7.22. The fourth-order valence-electron chi connectivity index (χ4n) is 4.43. The number of hydrogen-bond donors (Lipinski definition) is 0. The molecule has 32 heavy (non-hydrogen) atoms. The van der Waals surface area contributed by atoms with Crippen molar-refractivity contribution < 1.29 is 9.59 Å². The third-order valence-electron chi connectivity index (χ3n) is 6.32. The van der Waals surface area contributed by atoms with Crippen LogP contribution < -0.4 is 9.80 Å². The van der Waals surface area contributed by atoms with Gasteiger partial charge in [-0.1, -0.05) is 35.9 Å². The van der Waals surface area contributed by atoms with E-state index in [1.165, 1.54) is 10.3 Å². The Hall–Kier alpha value is -2.64. The highest BCUT2D eigenvalue weighted by Gasteiger charge is 2.38. The summed E-state index contributed by atoms with van der Waals surface area (Å²) in [5.74, 6) is -0.226. The Morgan fingerprint density at radius 2 is 1.88 bits per heavy atom. The Morgan fingerprint density at radius 1 is 1.12 bits per heavy atom. The smallest absolute Gasteiger partial charge is 0.228 e. The van der Waals surface area contributed by atoms with E-state index < -0.39 is 0 Å². The molecular formula is C24H25ClN4O2S. The molecule has 166 valence electrons. The van der Waals surface area contributed by atoms with Crippen LogP contribution in [-0.4, -0.2) is 54.4 Å². The molecule has 1 unspecified atom stereocenters. The fourth-order valence-corrected chi connectivity index (χ4v) is 5.64. The van der Waals surface area contributed by atoms with Gasteiger partial charge in [-0.3, -0.25) is 9.59 Å². The number of aryl methyl sites for hydroxylation is 1. The molecule has 0 aliphatic carbocycles. The molecule has 1 aromatic heterocycles. The van der Waals surface area contributed by atoms with Gasteiger partial charge in [-0.25, -0.2) is 4.98 Å². The minimum atomic E-state index is -0.292. The van der Waals surface area contributed by atoms with Gasteiger partial charge >= 0.3 is 0 Å². The van der Waals surface area contributed by atoms with Gasteiger partial charge in [-0.2, -0.15) is 0 Å². The Kier molecular flexibility index (Phi) is 5.78. The summed E-state index contributed by atoms with van der Waals surface area (Å²) in [7, 11) is 0. The van der Waals surface area contributed by atoms with E-state index in [4.69, 9.17) is 16.6 Å². The average Bonchev–Trinajstić information content (AvgIpc) is 3.42. The van der Waals surface area contributed by atoms with E-state index in [0.29, 0.717) is 24.7 Å². The summed E-state index contributed by atoms with van der Waals surface area (Å²) < 4.78 is 1.21. The second kappa shape index (κ2) is 8.71. The average molecular weight is 469 g/mol. The molecule has 5 rings (SSSR count). The zero-order chi connectivity index (χ0) is 22.2. The molecule has 2 fully saturated rings. The first-order chi connectivity index (χ1) is 15.5. The van der Waals surface area contributed by atoms with Gasteiger partial charge < -0.3 is 14.7 Å². The molecule has 2 aliphatic rings. The lowest BCUT2D eigenvalue weighted by Crippen LogP contribution is -2.50. The number of rotatable bonds is 4. The van der Waals surface area contributed by atoms with E-state index in [1.807, 2.05) is 17.0 Å². The van der Waals surface area contributed by atoms with Crippen LogP contribution in [0.5, 0.6) is 0 Å². The standard InChI is InChI=1S/C24H25ClN4O2S/c1-2-16-3-8-20-21(13-16)32-24(26-20)28-11-9-27(10-12-28)23(31)17-14-22(30)29(15-17)19-6-4-18(25)5-7-19/h3-8,13,17H,2,9-12,14-15H2,1H3. The normalized spacial score (nSPS) is 19.2. The summed E-state index contributed by atoms with van der Waals surface area (Å²) >= 11 is 7.67. The van der Waals surface area contributed by atoms with Gasteiger partial charge in [0.2, 0.25) is 11.8 Å². The predicted octanol–water partition coefficient (Wildman–Crippen LogP) is 4.21. The molecule has 0 radical (unpaired) electrons. The maximum Gasteiger partial charge on any atom is 0.228 e. The summed E-state index contributed by atoms with van der Waals surface area (Å²) in [5, 5.41) is 1.65. The van der Waals surface area contributed by atoms with Gasteiger partial charge in [-0.15, -0.1) is 0 Å². The first-order valence-electron chi connectivity index (χ1n) is 11.0. The fraction of sp³-hybridized carbons (Fsp3) is 0.375. The van der Waals surface area contributed by atoms with Crippen LogP contribution in [0, 0.1) is 5.92 Å². The number of piperazine rings is 1. The highest BCUT2D eigenvalue weighted by Crippen LogP contribution is 2.31. The van der Waals surface area contributed by atoms with Gasteiger partial charge in [-0.05, 0) is 48.4 Å². The molecule has 3 aromatic rings. The van der Waals surface area contributed by atoms with Crippen LogP contribution in [0.2, 0.25) is 5.02 Å². The number of amides is 2. The SMILES string of the molecule is CCc1ccc2nc(N3CCN(C(=O)C4CC(=O)N(c5ccc(Cl)cc5)C4)CC3)sc2c1. The molecular weight excluding hydrogens is 444 g/mol. The molecule has 1 atom stereocenters. The zero-order valence-electron chi connectivity index (χ0n) is 18.0. The van der Waals surface area contributed by atoms with Gasteiger partial charge in [0, 0.05) is 49.9 Å². The maximum absolute atomic E-state index is 13.1. The van der Waals surface area contributed by atoms with Crippen molar-refractivity contribution in [1.82, 2.24) is 9.88 Å². The van der Waals surface area contributed by atoms with Crippen molar-refractivity contribution in [3.8, 4) is 0 Å². The van der Waals surface area contributed by atoms with E-state index in [0.717, 1.165) is 35.8 Å². The zero-order valence-corrected chi connectivity index (χ0v) is 19.5. The molecule has 8 heteroatoms. The lowest BCUT2D eigenvalue weighted by Gasteiger charge is -2.35. The van der Waals surface area contributed by atoms with Crippen LogP contribution in [0.4, 0.5) is 10.8 Å². The maximum atomic E-state index is 13.1. The van der Waals surface area contributed by atoms with Gasteiger partial charge in [0.05, 0.1) is 16.1 Å². The third-order valence-corrected chi connectivity index (χ3v) is 7.66. The van der Waals surface area contributed by atoms with Gasteiger partial charge in [0.1, 0.15) is 0 Å².